The standard InChI is InChI=1S/C15H14ClF2N5S2.C2H6/c1-7-10-9(16)5-8(25-22-15(2)3-4-15)6-23(10)12(19-7)14-21-20-13(24-14)11(17)18;1-2/h5-6,11,22H,3-4H2,1-2H3;1-2H3. The molecule has 0 saturated heterocycles. The summed E-state index contributed by atoms with van der Waals surface area (Å²) in [5.41, 5.74) is 1.63. The predicted molar refractivity (Wildman–Crippen MR) is 107 cm³/mol. The molecule has 3 aromatic rings. The average molecular weight is 432 g/mol. The van der Waals surface area contributed by atoms with Crippen molar-refractivity contribution < 1.29 is 8.78 Å². The molecule has 0 unspecified atom stereocenters. The third kappa shape index (κ3) is 4.26. The van der Waals surface area contributed by atoms with E-state index in [4.69, 9.17) is 11.6 Å². The van der Waals surface area contributed by atoms with Crippen LogP contribution in [0.1, 0.15) is 50.7 Å². The van der Waals surface area contributed by atoms with E-state index in [0.717, 1.165) is 34.6 Å². The van der Waals surface area contributed by atoms with Crippen LogP contribution in [0.5, 0.6) is 0 Å². The Morgan fingerprint density at radius 3 is 2.63 bits per heavy atom. The van der Waals surface area contributed by atoms with Gasteiger partial charge in [0.05, 0.1) is 16.2 Å². The predicted octanol–water partition coefficient (Wildman–Crippen LogP) is 5.93. The Bertz CT molecular complexity index is 952. The quantitative estimate of drug-likeness (QED) is 0.507. The third-order valence-electron chi connectivity index (χ3n) is 4.07. The number of pyridine rings is 1. The van der Waals surface area contributed by atoms with Crippen LogP contribution < -0.4 is 4.72 Å². The van der Waals surface area contributed by atoms with Crippen molar-refractivity contribution in [3.63, 3.8) is 0 Å². The SMILES string of the molecule is CC.Cc1nc(-c2nnc(C(F)F)s2)n2cc(SNC3(C)CC3)cc(Cl)c12. The first-order chi connectivity index (χ1) is 12.9. The minimum Gasteiger partial charge on any atom is -0.295 e. The zero-order chi connectivity index (χ0) is 19.8. The summed E-state index contributed by atoms with van der Waals surface area (Å²) in [5.74, 6) is 0.471. The van der Waals surface area contributed by atoms with Gasteiger partial charge in [0.25, 0.3) is 6.43 Å². The topological polar surface area (TPSA) is 55.1 Å². The lowest BCUT2D eigenvalue weighted by molar-refractivity contribution is 0.150. The molecule has 3 heterocycles. The van der Waals surface area contributed by atoms with Crippen LogP contribution in [0, 0.1) is 6.92 Å². The number of halogens is 3. The molecule has 1 fully saturated rings. The highest BCUT2D eigenvalue weighted by molar-refractivity contribution is 7.97. The second-order valence-corrected chi connectivity index (χ2v) is 8.57. The fraction of sp³-hybridized carbons (Fsp3) is 0.471. The highest BCUT2D eigenvalue weighted by atomic mass is 35.5. The Kier molecular flexibility index (Phi) is 6.05. The molecule has 1 saturated carbocycles. The molecular formula is C17H20ClF2N5S2. The molecule has 0 amide bonds. The first-order valence-corrected chi connectivity index (χ1v) is 10.6. The molecule has 146 valence electrons. The van der Waals surface area contributed by atoms with Gasteiger partial charge in [-0.25, -0.2) is 13.8 Å². The van der Waals surface area contributed by atoms with Crippen LogP contribution in [0.25, 0.3) is 16.3 Å². The summed E-state index contributed by atoms with van der Waals surface area (Å²) in [7, 11) is 0. The summed E-state index contributed by atoms with van der Waals surface area (Å²) in [6, 6.07) is 1.88. The molecule has 1 aliphatic carbocycles. The fourth-order valence-corrected chi connectivity index (χ4v) is 4.41. The molecule has 0 aromatic carbocycles. The van der Waals surface area contributed by atoms with Crippen molar-refractivity contribution in [2.45, 2.75) is 57.4 Å². The summed E-state index contributed by atoms with van der Waals surface area (Å²) in [4.78, 5) is 5.39. The van der Waals surface area contributed by atoms with Crippen molar-refractivity contribution >= 4 is 40.4 Å². The molecule has 5 nitrogen and oxygen atoms in total. The molecule has 1 N–H and O–H groups in total. The van der Waals surface area contributed by atoms with E-state index in [2.05, 4.69) is 26.8 Å². The third-order valence-corrected chi connectivity index (χ3v) is 6.34. The number of alkyl halides is 2. The Labute approximate surface area is 169 Å². The van der Waals surface area contributed by atoms with Crippen LogP contribution in [0.2, 0.25) is 5.02 Å². The number of rotatable bonds is 5. The second-order valence-electron chi connectivity index (χ2n) is 6.27. The monoisotopic (exact) mass is 431 g/mol. The van der Waals surface area contributed by atoms with Gasteiger partial charge in [-0.15, -0.1) is 10.2 Å². The van der Waals surface area contributed by atoms with E-state index in [1.807, 2.05) is 33.0 Å². The molecular weight excluding hydrogens is 412 g/mol. The largest absolute Gasteiger partial charge is 0.295 e. The number of hydrogen-bond acceptors (Lipinski definition) is 6. The zero-order valence-corrected chi connectivity index (χ0v) is 17.8. The average Bonchev–Trinajstić information content (AvgIpc) is 3.06. The van der Waals surface area contributed by atoms with Gasteiger partial charge in [-0.1, -0.05) is 36.8 Å². The van der Waals surface area contributed by atoms with Crippen molar-refractivity contribution in [2.75, 3.05) is 0 Å². The van der Waals surface area contributed by atoms with Crippen LogP contribution in [0.4, 0.5) is 8.78 Å². The van der Waals surface area contributed by atoms with Crippen LogP contribution >= 0.6 is 34.9 Å². The van der Waals surface area contributed by atoms with Gasteiger partial charge >= 0.3 is 0 Å². The van der Waals surface area contributed by atoms with Crippen molar-refractivity contribution in [2.24, 2.45) is 0 Å². The van der Waals surface area contributed by atoms with Gasteiger partial charge in [0.2, 0.25) is 0 Å². The Morgan fingerprint density at radius 2 is 2.04 bits per heavy atom. The summed E-state index contributed by atoms with van der Waals surface area (Å²) in [5, 5.41) is 8.00. The molecule has 0 radical (unpaired) electrons. The Hall–Kier alpha value is -1.29. The molecule has 3 aromatic heterocycles. The lowest BCUT2D eigenvalue weighted by Crippen LogP contribution is -2.19. The zero-order valence-electron chi connectivity index (χ0n) is 15.4. The van der Waals surface area contributed by atoms with Crippen molar-refractivity contribution in [1.29, 1.82) is 0 Å². The van der Waals surface area contributed by atoms with Gasteiger partial charge in [-0.3, -0.25) is 9.12 Å². The molecule has 1 aliphatic rings. The maximum Gasteiger partial charge on any atom is 0.291 e. The number of aryl methyl sites for hydroxylation is 1. The van der Waals surface area contributed by atoms with Crippen molar-refractivity contribution in [3.05, 3.63) is 28.0 Å². The lowest BCUT2D eigenvalue weighted by Gasteiger charge is -2.11. The van der Waals surface area contributed by atoms with Crippen LogP contribution in [0.3, 0.4) is 0 Å². The van der Waals surface area contributed by atoms with E-state index < -0.39 is 6.43 Å². The van der Waals surface area contributed by atoms with Crippen molar-refractivity contribution in [1.82, 2.24) is 24.3 Å². The first kappa shape index (κ1) is 20.4. The van der Waals surface area contributed by atoms with Gasteiger partial charge in [0.1, 0.15) is 0 Å². The number of nitrogens with one attached hydrogen (secondary N) is 1. The molecule has 10 heteroatoms. The highest BCUT2D eigenvalue weighted by Gasteiger charge is 2.37. The first-order valence-electron chi connectivity index (χ1n) is 8.60. The van der Waals surface area contributed by atoms with Crippen LogP contribution in [-0.4, -0.2) is 25.1 Å². The van der Waals surface area contributed by atoms with E-state index in [0.29, 0.717) is 21.5 Å². The maximum atomic E-state index is 12.8. The number of nitrogens with zero attached hydrogens (tertiary/aromatic N) is 4. The highest BCUT2D eigenvalue weighted by Crippen LogP contribution is 2.39. The van der Waals surface area contributed by atoms with E-state index in [9.17, 15) is 8.78 Å². The second kappa shape index (κ2) is 7.98. The van der Waals surface area contributed by atoms with Gasteiger partial charge in [0, 0.05) is 16.6 Å². The summed E-state index contributed by atoms with van der Waals surface area (Å²) in [6.45, 7) is 8.00. The summed E-state index contributed by atoms with van der Waals surface area (Å²) >= 11 is 8.78. The molecule has 0 bridgehead atoms. The number of aromatic nitrogens is 4. The van der Waals surface area contributed by atoms with Crippen molar-refractivity contribution in [3.8, 4) is 10.8 Å². The Morgan fingerprint density at radius 1 is 1.33 bits per heavy atom. The molecule has 4 rings (SSSR count). The van der Waals surface area contributed by atoms with E-state index in [-0.39, 0.29) is 10.5 Å². The molecule has 27 heavy (non-hydrogen) atoms. The van der Waals surface area contributed by atoms with Gasteiger partial charge in [0.15, 0.2) is 15.8 Å². The molecule has 0 atom stereocenters. The van der Waals surface area contributed by atoms with Gasteiger partial charge in [-0.2, -0.15) is 0 Å². The minimum atomic E-state index is -2.64. The number of fused-ring (bicyclic) bond motifs is 1. The fourth-order valence-electron chi connectivity index (χ4n) is 2.41. The van der Waals surface area contributed by atoms with E-state index >= 15 is 0 Å². The van der Waals surface area contributed by atoms with E-state index in [1.165, 1.54) is 11.9 Å². The molecule has 0 aliphatic heterocycles. The normalized spacial score (nSPS) is 15.1. The summed E-state index contributed by atoms with van der Waals surface area (Å²) in [6.07, 6.45) is 1.54. The van der Waals surface area contributed by atoms with Gasteiger partial charge in [-0.05, 0) is 44.7 Å². The molecule has 0 spiro atoms. The Balaban J connectivity index is 0.00000102. The maximum absolute atomic E-state index is 12.8. The minimum absolute atomic E-state index is 0.172. The van der Waals surface area contributed by atoms with Crippen LogP contribution in [-0.2, 0) is 0 Å². The summed E-state index contributed by atoms with van der Waals surface area (Å²) < 4.78 is 30.8. The van der Waals surface area contributed by atoms with Gasteiger partial charge < -0.3 is 0 Å². The number of imidazole rings is 1. The smallest absolute Gasteiger partial charge is 0.291 e. The number of hydrogen-bond donors (Lipinski definition) is 1. The van der Waals surface area contributed by atoms with Crippen LogP contribution in [0.15, 0.2) is 17.2 Å². The lowest BCUT2D eigenvalue weighted by atomic mass is 10.3. The van der Waals surface area contributed by atoms with E-state index in [1.54, 1.807) is 4.40 Å².